The summed E-state index contributed by atoms with van der Waals surface area (Å²) < 4.78 is 1.58. The number of tetrazole rings is 1. The van der Waals surface area contributed by atoms with Crippen molar-refractivity contribution in [3.05, 3.63) is 0 Å². The van der Waals surface area contributed by atoms with Crippen LogP contribution in [0.25, 0.3) is 0 Å². The van der Waals surface area contributed by atoms with Crippen LogP contribution in [0, 0.1) is 0 Å². The molecular weight excluding hydrogens is 150 g/mol. The molecule has 1 aromatic rings. The predicted octanol–water partition coefficient (Wildman–Crippen LogP) is -0.382. The van der Waals surface area contributed by atoms with Crippen LogP contribution >= 0.6 is 11.8 Å². The SMILES string of the molecule is CSCCn1nnnc1N. The topological polar surface area (TPSA) is 69.6 Å². The lowest BCUT2D eigenvalue weighted by atomic mass is 10.7. The lowest BCUT2D eigenvalue weighted by molar-refractivity contribution is 0.638. The lowest BCUT2D eigenvalue weighted by Gasteiger charge is -1.96. The van der Waals surface area contributed by atoms with Gasteiger partial charge in [-0.2, -0.15) is 11.8 Å². The zero-order valence-electron chi connectivity index (χ0n) is 5.69. The van der Waals surface area contributed by atoms with Crippen molar-refractivity contribution in [3.63, 3.8) is 0 Å². The van der Waals surface area contributed by atoms with Crippen LogP contribution in [0.3, 0.4) is 0 Å². The maximum Gasteiger partial charge on any atom is 0.240 e. The van der Waals surface area contributed by atoms with Crippen LogP contribution in [0.5, 0.6) is 0 Å². The highest BCUT2D eigenvalue weighted by Crippen LogP contribution is 1.96. The van der Waals surface area contributed by atoms with E-state index in [9.17, 15) is 0 Å². The third-order valence-corrected chi connectivity index (χ3v) is 1.66. The highest BCUT2D eigenvalue weighted by Gasteiger charge is 1.97. The number of aryl methyl sites for hydroxylation is 1. The number of nitrogen functional groups attached to an aromatic ring is 1. The molecule has 0 aromatic carbocycles. The number of rotatable bonds is 3. The third kappa shape index (κ3) is 1.60. The maximum atomic E-state index is 5.40. The van der Waals surface area contributed by atoms with Gasteiger partial charge in [-0.05, 0) is 16.7 Å². The molecule has 56 valence electrons. The molecule has 1 heterocycles. The molecule has 2 N–H and O–H groups in total. The van der Waals surface area contributed by atoms with E-state index in [1.165, 1.54) is 0 Å². The Balaban J connectivity index is 2.49. The molecule has 6 heteroatoms. The Hall–Kier alpha value is -0.780. The van der Waals surface area contributed by atoms with Gasteiger partial charge in [0.1, 0.15) is 0 Å². The number of hydrogen-bond donors (Lipinski definition) is 1. The Morgan fingerprint density at radius 2 is 2.50 bits per heavy atom. The summed E-state index contributed by atoms with van der Waals surface area (Å²) in [5, 5.41) is 10.6. The molecule has 10 heavy (non-hydrogen) atoms. The van der Waals surface area contributed by atoms with E-state index in [-0.39, 0.29) is 0 Å². The minimum Gasteiger partial charge on any atom is -0.367 e. The summed E-state index contributed by atoms with van der Waals surface area (Å²) in [5.41, 5.74) is 5.40. The van der Waals surface area contributed by atoms with Gasteiger partial charge in [0.2, 0.25) is 5.95 Å². The van der Waals surface area contributed by atoms with Gasteiger partial charge in [-0.1, -0.05) is 5.10 Å². The standard InChI is InChI=1S/C4H9N5S/c1-10-3-2-9-4(5)6-7-8-9/h2-3H2,1H3,(H2,5,6,8). The maximum absolute atomic E-state index is 5.40. The fraction of sp³-hybridized carbons (Fsp3) is 0.750. The normalized spacial score (nSPS) is 10.1. The molecule has 0 spiro atoms. The van der Waals surface area contributed by atoms with Crippen molar-refractivity contribution in [2.45, 2.75) is 6.54 Å². The predicted molar refractivity (Wildman–Crippen MR) is 40.6 cm³/mol. The molecule has 5 nitrogen and oxygen atoms in total. The monoisotopic (exact) mass is 159 g/mol. The molecule has 0 fully saturated rings. The van der Waals surface area contributed by atoms with Gasteiger partial charge < -0.3 is 5.73 Å². The molecule has 0 unspecified atom stereocenters. The average Bonchev–Trinajstić information content (AvgIpc) is 2.31. The van der Waals surface area contributed by atoms with Gasteiger partial charge in [-0.3, -0.25) is 0 Å². The molecule has 0 aliphatic heterocycles. The number of anilines is 1. The number of nitrogens with two attached hydrogens (primary N) is 1. The minimum absolute atomic E-state index is 0.383. The molecule has 0 saturated carbocycles. The number of nitrogens with zero attached hydrogens (tertiary/aromatic N) is 4. The molecule has 0 atom stereocenters. The molecule has 0 radical (unpaired) electrons. The second-order valence-electron chi connectivity index (χ2n) is 1.75. The second-order valence-corrected chi connectivity index (χ2v) is 2.74. The highest BCUT2D eigenvalue weighted by molar-refractivity contribution is 7.98. The van der Waals surface area contributed by atoms with Crippen molar-refractivity contribution < 1.29 is 0 Å². The van der Waals surface area contributed by atoms with Crippen molar-refractivity contribution in [1.82, 2.24) is 20.2 Å². The van der Waals surface area contributed by atoms with E-state index in [1.807, 2.05) is 6.26 Å². The Morgan fingerprint density at radius 1 is 1.70 bits per heavy atom. The first-order valence-corrected chi connectivity index (χ1v) is 4.24. The van der Waals surface area contributed by atoms with E-state index in [4.69, 9.17) is 5.73 Å². The molecule has 0 bridgehead atoms. The van der Waals surface area contributed by atoms with E-state index in [2.05, 4.69) is 15.5 Å². The molecule has 1 aromatic heterocycles. The largest absolute Gasteiger partial charge is 0.367 e. The van der Waals surface area contributed by atoms with Crippen LogP contribution in [0.15, 0.2) is 0 Å². The van der Waals surface area contributed by atoms with Gasteiger partial charge >= 0.3 is 0 Å². The van der Waals surface area contributed by atoms with Crippen molar-refractivity contribution in [1.29, 1.82) is 0 Å². The molecule has 0 amide bonds. The summed E-state index contributed by atoms with van der Waals surface area (Å²) in [5.74, 6) is 1.36. The zero-order valence-corrected chi connectivity index (χ0v) is 6.51. The zero-order chi connectivity index (χ0) is 7.40. The van der Waals surface area contributed by atoms with Crippen molar-refractivity contribution in [2.75, 3.05) is 17.7 Å². The molecule has 1 rings (SSSR count). The highest BCUT2D eigenvalue weighted by atomic mass is 32.2. The molecule has 0 aliphatic rings. The van der Waals surface area contributed by atoms with Gasteiger partial charge in [0.05, 0.1) is 6.54 Å². The van der Waals surface area contributed by atoms with Gasteiger partial charge in [0.15, 0.2) is 0 Å². The number of aromatic nitrogens is 4. The number of hydrogen-bond acceptors (Lipinski definition) is 5. The summed E-state index contributed by atoms with van der Waals surface area (Å²) in [7, 11) is 0. The molecular formula is C4H9N5S. The van der Waals surface area contributed by atoms with E-state index in [0.717, 1.165) is 12.3 Å². The summed E-state index contributed by atoms with van der Waals surface area (Å²) in [6.07, 6.45) is 2.03. The van der Waals surface area contributed by atoms with Gasteiger partial charge in [-0.15, -0.1) is 0 Å². The van der Waals surface area contributed by atoms with Crippen LogP contribution < -0.4 is 5.73 Å². The smallest absolute Gasteiger partial charge is 0.240 e. The van der Waals surface area contributed by atoms with Crippen molar-refractivity contribution >= 4 is 17.7 Å². The fourth-order valence-electron chi connectivity index (χ4n) is 0.549. The molecule has 0 saturated heterocycles. The quantitative estimate of drug-likeness (QED) is 0.651. The summed E-state index contributed by atoms with van der Waals surface area (Å²) >= 11 is 1.74. The lowest BCUT2D eigenvalue weighted by Crippen LogP contribution is -2.06. The summed E-state index contributed by atoms with van der Waals surface area (Å²) in [6, 6.07) is 0. The van der Waals surface area contributed by atoms with Crippen LogP contribution in [0.4, 0.5) is 5.95 Å². The van der Waals surface area contributed by atoms with Crippen LogP contribution in [0.1, 0.15) is 0 Å². The minimum atomic E-state index is 0.383. The van der Waals surface area contributed by atoms with Crippen molar-refractivity contribution in [2.24, 2.45) is 0 Å². The Kier molecular flexibility index (Phi) is 2.49. The van der Waals surface area contributed by atoms with E-state index in [0.29, 0.717) is 5.95 Å². The van der Waals surface area contributed by atoms with Crippen molar-refractivity contribution in [3.8, 4) is 0 Å². The molecule has 0 aliphatic carbocycles. The van der Waals surface area contributed by atoms with Gasteiger partial charge in [0.25, 0.3) is 0 Å². The Labute approximate surface area is 63.0 Å². The Bertz CT molecular complexity index is 197. The first-order chi connectivity index (χ1) is 4.84. The van der Waals surface area contributed by atoms with Crippen LogP contribution in [-0.4, -0.2) is 32.2 Å². The van der Waals surface area contributed by atoms with Crippen LogP contribution in [-0.2, 0) is 6.54 Å². The van der Waals surface area contributed by atoms with Gasteiger partial charge in [-0.25, -0.2) is 4.68 Å². The van der Waals surface area contributed by atoms with E-state index >= 15 is 0 Å². The average molecular weight is 159 g/mol. The fourth-order valence-corrected chi connectivity index (χ4v) is 0.904. The summed E-state index contributed by atoms with van der Waals surface area (Å²) in [4.78, 5) is 0. The first-order valence-electron chi connectivity index (χ1n) is 2.85. The van der Waals surface area contributed by atoms with E-state index in [1.54, 1.807) is 16.4 Å². The van der Waals surface area contributed by atoms with E-state index < -0.39 is 0 Å². The van der Waals surface area contributed by atoms with Crippen LogP contribution in [0.2, 0.25) is 0 Å². The second kappa shape index (κ2) is 3.40. The number of thioether (sulfide) groups is 1. The Morgan fingerprint density at radius 3 is 3.00 bits per heavy atom. The summed E-state index contributed by atoms with van der Waals surface area (Å²) in [6.45, 7) is 0.778. The van der Waals surface area contributed by atoms with Gasteiger partial charge in [0, 0.05) is 5.75 Å². The third-order valence-electron chi connectivity index (χ3n) is 1.07. The first kappa shape index (κ1) is 7.33.